The van der Waals surface area contributed by atoms with Crippen LogP contribution >= 0.6 is 0 Å². The van der Waals surface area contributed by atoms with E-state index in [4.69, 9.17) is 0 Å². The number of rotatable bonds is 6. The zero-order chi connectivity index (χ0) is 21.6. The molecule has 0 spiro atoms. The van der Waals surface area contributed by atoms with Crippen LogP contribution < -0.4 is 16.2 Å². The fourth-order valence-electron chi connectivity index (χ4n) is 3.81. The highest BCUT2D eigenvalue weighted by Crippen LogP contribution is 2.11. The van der Waals surface area contributed by atoms with Gasteiger partial charge in [-0.25, -0.2) is 4.98 Å². The van der Waals surface area contributed by atoms with Crippen molar-refractivity contribution < 1.29 is 9.59 Å². The quantitative estimate of drug-likeness (QED) is 0.633. The van der Waals surface area contributed by atoms with Gasteiger partial charge in [0.25, 0.3) is 5.56 Å². The second-order valence-electron chi connectivity index (χ2n) is 7.73. The van der Waals surface area contributed by atoms with Gasteiger partial charge in [-0.3, -0.25) is 23.9 Å². The lowest BCUT2D eigenvalue weighted by Gasteiger charge is -2.31. The fraction of sp³-hybridized carbons (Fsp3) is 0.304. The Balaban J connectivity index is 1.24. The molecule has 0 aliphatic carbocycles. The van der Waals surface area contributed by atoms with Crippen molar-refractivity contribution in [1.29, 1.82) is 0 Å². The Morgan fingerprint density at radius 3 is 2.42 bits per heavy atom. The number of anilines is 1. The minimum Gasteiger partial charge on any atom is -0.352 e. The molecule has 8 nitrogen and oxygen atoms in total. The lowest BCUT2D eigenvalue weighted by atomic mass is 10.0. The lowest BCUT2D eigenvalue weighted by Crippen LogP contribution is -2.47. The van der Waals surface area contributed by atoms with E-state index >= 15 is 0 Å². The Bertz CT molecular complexity index is 1120. The van der Waals surface area contributed by atoms with Crippen molar-refractivity contribution in [2.45, 2.75) is 25.4 Å². The van der Waals surface area contributed by atoms with Crippen LogP contribution in [0.15, 0.2) is 65.7 Å². The molecule has 31 heavy (non-hydrogen) atoms. The van der Waals surface area contributed by atoms with Crippen molar-refractivity contribution in [3.8, 4) is 0 Å². The van der Waals surface area contributed by atoms with Crippen LogP contribution in [-0.4, -0.2) is 51.9 Å². The first-order chi connectivity index (χ1) is 15.1. The maximum absolute atomic E-state index is 12.5. The molecule has 0 saturated carbocycles. The van der Waals surface area contributed by atoms with Crippen molar-refractivity contribution in [3.63, 3.8) is 0 Å². The van der Waals surface area contributed by atoms with Crippen LogP contribution in [0.4, 0.5) is 5.69 Å². The van der Waals surface area contributed by atoms with Gasteiger partial charge in [0.15, 0.2) is 0 Å². The number of nitrogens with one attached hydrogen (secondary N) is 2. The molecule has 0 atom stereocenters. The van der Waals surface area contributed by atoms with E-state index in [1.165, 1.54) is 10.9 Å². The molecule has 1 aliphatic rings. The monoisotopic (exact) mass is 419 g/mol. The Kier molecular flexibility index (Phi) is 6.37. The second kappa shape index (κ2) is 9.53. The summed E-state index contributed by atoms with van der Waals surface area (Å²) in [4.78, 5) is 43.5. The molecule has 0 bridgehead atoms. The summed E-state index contributed by atoms with van der Waals surface area (Å²) in [6.07, 6.45) is 2.93. The summed E-state index contributed by atoms with van der Waals surface area (Å²) >= 11 is 0. The van der Waals surface area contributed by atoms with E-state index in [1.807, 2.05) is 36.4 Å². The number of nitrogens with zero attached hydrogens (tertiary/aromatic N) is 3. The van der Waals surface area contributed by atoms with E-state index in [1.54, 1.807) is 18.2 Å². The van der Waals surface area contributed by atoms with Crippen LogP contribution in [0.5, 0.6) is 0 Å². The largest absolute Gasteiger partial charge is 0.352 e. The smallest absolute Gasteiger partial charge is 0.261 e. The van der Waals surface area contributed by atoms with Crippen molar-refractivity contribution in [2.24, 2.45) is 0 Å². The summed E-state index contributed by atoms with van der Waals surface area (Å²) in [5.74, 6) is -0.253. The van der Waals surface area contributed by atoms with Crippen molar-refractivity contribution in [1.82, 2.24) is 19.8 Å². The fourth-order valence-corrected chi connectivity index (χ4v) is 3.81. The topological polar surface area (TPSA) is 96.3 Å². The number of carbonyl (C=O) groups excluding carboxylic acids is 2. The van der Waals surface area contributed by atoms with Crippen LogP contribution in [0.3, 0.4) is 0 Å². The van der Waals surface area contributed by atoms with Gasteiger partial charge in [0.1, 0.15) is 6.54 Å². The van der Waals surface area contributed by atoms with Crippen LogP contribution in [0.25, 0.3) is 10.9 Å². The minimum absolute atomic E-state index is 0.0325. The van der Waals surface area contributed by atoms with Gasteiger partial charge in [-0.05, 0) is 37.1 Å². The predicted octanol–water partition coefficient (Wildman–Crippen LogP) is 1.62. The van der Waals surface area contributed by atoms with Crippen LogP contribution in [-0.2, 0) is 16.1 Å². The summed E-state index contributed by atoms with van der Waals surface area (Å²) in [6.45, 7) is 1.72. The van der Waals surface area contributed by atoms with Crippen LogP contribution in [0.1, 0.15) is 12.8 Å². The average Bonchev–Trinajstić information content (AvgIpc) is 2.78. The molecule has 2 amide bonds. The first kappa shape index (κ1) is 20.7. The Morgan fingerprint density at radius 2 is 1.65 bits per heavy atom. The molecule has 2 N–H and O–H groups in total. The van der Waals surface area contributed by atoms with E-state index in [0.717, 1.165) is 31.6 Å². The zero-order valence-corrected chi connectivity index (χ0v) is 17.2. The summed E-state index contributed by atoms with van der Waals surface area (Å²) in [7, 11) is 0. The Hall–Kier alpha value is -3.52. The number of aromatic nitrogens is 2. The molecule has 1 fully saturated rings. The third-order valence-electron chi connectivity index (χ3n) is 5.42. The van der Waals surface area contributed by atoms with Crippen molar-refractivity contribution in [3.05, 3.63) is 71.3 Å². The maximum Gasteiger partial charge on any atom is 0.261 e. The normalized spacial score (nSPS) is 15.0. The van der Waals surface area contributed by atoms with E-state index in [0.29, 0.717) is 17.4 Å². The van der Waals surface area contributed by atoms with E-state index in [2.05, 4.69) is 20.5 Å². The van der Waals surface area contributed by atoms with Crippen molar-refractivity contribution in [2.75, 3.05) is 25.0 Å². The molecule has 0 unspecified atom stereocenters. The second-order valence-corrected chi connectivity index (χ2v) is 7.73. The molecule has 0 radical (unpaired) electrons. The average molecular weight is 419 g/mol. The molecule has 2 heterocycles. The van der Waals surface area contributed by atoms with E-state index < -0.39 is 0 Å². The predicted molar refractivity (Wildman–Crippen MR) is 119 cm³/mol. The summed E-state index contributed by atoms with van der Waals surface area (Å²) in [5.41, 5.74) is 1.18. The summed E-state index contributed by atoms with van der Waals surface area (Å²) < 4.78 is 1.33. The summed E-state index contributed by atoms with van der Waals surface area (Å²) in [5, 5.41) is 6.39. The van der Waals surface area contributed by atoms with Crippen molar-refractivity contribution >= 4 is 28.4 Å². The molecular formula is C23H25N5O3. The molecular weight excluding hydrogens is 394 g/mol. The number of likely N-dealkylation sites (tertiary alicyclic amines) is 1. The standard InChI is InChI=1S/C23H25N5O3/c29-21(25-17-6-2-1-3-7-17)14-27-12-10-18(11-13-27)26-22(30)15-28-16-24-20-9-5-4-8-19(20)23(28)31/h1-9,16,18H,10-15H2,(H,25,29)(H,26,30). The van der Waals surface area contributed by atoms with Crippen LogP contribution in [0.2, 0.25) is 0 Å². The van der Waals surface area contributed by atoms with E-state index in [9.17, 15) is 14.4 Å². The van der Waals surface area contributed by atoms with Gasteiger partial charge in [-0.15, -0.1) is 0 Å². The highest BCUT2D eigenvalue weighted by atomic mass is 16.2. The molecule has 1 aromatic heterocycles. The third-order valence-corrected chi connectivity index (χ3v) is 5.42. The number of benzene rings is 2. The number of carbonyl (C=O) groups is 2. The molecule has 4 rings (SSSR count). The van der Waals surface area contributed by atoms with Gasteiger partial charge in [0.2, 0.25) is 11.8 Å². The number of para-hydroxylation sites is 2. The number of piperidine rings is 1. The van der Waals surface area contributed by atoms with Gasteiger partial charge in [0.05, 0.1) is 23.8 Å². The maximum atomic E-state index is 12.5. The summed E-state index contributed by atoms with van der Waals surface area (Å²) in [6, 6.07) is 16.5. The molecule has 8 heteroatoms. The Labute approximate surface area is 179 Å². The van der Waals surface area contributed by atoms with Gasteiger partial charge < -0.3 is 10.6 Å². The first-order valence-electron chi connectivity index (χ1n) is 10.4. The third kappa shape index (κ3) is 5.35. The molecule has 3 aromatic rings. The van der Waals surface area contributed by atoms with Gasteiger partial charge >= 0.3 is 0 Å². The molecule has 160 valence electrons. The number of hydrogen-bond donors (Lipinski definition) is 2. The highest BCUT2D eigenvalue weighted by molar-refractivity contribution is 5.92. The number of fused-ring (bicyclic) bond motifs is 1. The highest BCUT2D eigenvalue weighted by Gasteiger charge is 2.22. The van der Waals surface area contributed by atoms with E-state index in [-0.39, 0.29) is 30.0 Å². The lowest BCUT2D eigenvalue weighted by molar-refractivity contribution is -0.123. The minimum atomic E-state index is -0.222. The number of amides is 2. The SMILES string of the molecule is O=C(CN1CCC(NC(=O)Cn2cnc3ccccc3c2=O)CC1)Nc1ccccc1. The van der Waals surface area contributed by atoms with Gasteiger partial charge in [-0.2, -0.15) is 0 Å². The van der Waals surface area contributed by atoms with Gasteiger partial charge in [0, 0.05) is 24.8 Å². The molecule has 1 aliphatic heterocycles. The molecule has 2 aromatic carbocycles. The number of hydrogen-bond acceptors (Lipinski definition) is 5. The Morgan fingerprint density at radius 1 is 0.935 bits per heavy atom. The first-order valence-corrected chi connectivity index (χ1v) is 10.4. The van der Waals surface area contributed by atoms with Crippen LogP contribution in [0, 0.1) is 0 Å². The zero-order valence-electron chi connectivity index (χ0n) is 17.2. The van der Waals surface area contributed by atoms with Gasteiger partial charge in [-0.1, -0.05) is 30.3 Å². The molecule has 1 saturated heterocycles.